The van der Waals surface area contributed by atoms with Crippen LogP contribution in [0.3, 0.4) is 0 Å². The third-order valence-corrected chi connectivity index (χ3v) is 5.66. The lowest BCUT2D eigenvalue weighted by Gasteiger charge is -2.35. The Hall–Kier alpha value is -4.08. The Morgan fingerprint density at radius 3 is 2.38 bits per heavy atom. The lowest BCUT2D eigenvalue weighted by atomic mass is 10.1. The van der Waals surface area contributed by atoms with Gasteiger partial charge in [0.2, 0.25) is 5.91 Å². The molecule has 0 atom stereocenters. The van der Waals surface area contributed by atoms with E-state index in [1.54, 1.807) is 6.07 Å². The van der Waals surface area contributed by atoms with Crippen molar-refractivity contribution >= 4 is 17.7 Å². The van der Waals surface area contributed by atoms with Gasteiger partial charge in [0.1, 0.15) is 12.5 Å². The van der Waals surface area contributed by atoms with E-state index >= 15 is 0 Å². The van der Waals surface area contributed by atoms with Crippen LogP contribution in [0.2, 0.25) is 0 Å². The average Bonchev–Trinajstić information content (AvgIpc) is 3.38. The van der Waals surface area contributed by atoms with Gasteiger partial charge in [0.05, 0.1) is 12.2 Å². The lowest BCUT2D eigenvalue weighted by molar-refractivity contribution is -0.131. The topological polar surface area (TPSA) is 98.4 Å². The second kappa shape index (κ2) is 10.2. The monoisotopic (exact) mass is 467 g/mol. The van der Waals surface area contributed by atoms with Crippen LogP contribution < -0.4 is 5.32 Å². The molecule has 10 heteroatoms. The highest BCUT2D eigenvalue weighted by Gasteiger charge is 2.26. The van der Waals surface area contributed by atoms with Crippen molar-refractivity contribution in [2.45, 2.75) is 6.67 Å². The second-order valence-corrected chi connectivity index (χ2v) is 7.82. The number of nitrogens with zero attached hydrogens (tertiary/aromatic N) is 3. The number of benzene rings is 2. The Bertz CT molecular complexity index is 1190. The van der Waals surface area contributed by atoms with Gasteiger partial charge in [-0.3, -0.25) is 19.5 Å². The summed E-state index contributed by atoms with van der Waals surface area (Å²) < 4.78 is 26.7. The van der Waals surface area contributed by atoms with E-state index in [2.05, 4.69) is 15.5 Å². The zero-order valence-electron chi connectivity index (χ0n) is 18.3. The minimum atomic E-state index is -0.873. The molecule has 0 radical (unpaired) electrons. The predicted octanol–water partition coefficient (Wildman–Crippen LogP) is 2.40. The van der Waals surface area contributed by atoms with Crippen LogP contribution in [-0.4, -0.2) is 70.4 Å². The first kappa shape index (κ1) is 23.1. The predicted molar refractivity (Wildman–Crippen MR) is 120 cm³/mol. The molecular formula is C24H23F2N5O3. The zero-order chi connectivity index (χ0) is 24.1. The van der Waals surface area contributed by atoms with E-state index < -0.39 is 24.3 Å². The summed E-state index contributed by atoms with van der Waals surface area (Å²) in [5, 5.41) is 9.37. The first-order valence-corrected chi connectivity index (χ1v) is 10.8. The normalized spacial score (nSPS) is 13.6. The van der Waals surface area contributed by atoms with Gasteiger partial charge in [-0.15, -0.1) is 0 Å². The number of hydrogen-bond acceptors (Lipinski definition) is 4. The molecule has 4 rings (SSSR count). The highest BCUT2D eigenvalue weighted by molar-refractivity contribution is 5.97. The fraction of sp³-hybridized carbons (Fsp3) is 0.250. The first-order valence-electron chi connectivity index (χ1n) is 10.8. The van der Waals surface area contributed by atoms with Gasteiger partial charge in [0.25, 0.3) is 11.8 Å². The molecule has 1 fully saturated rings. The summed E-state index contributed by atoms with van der Waals surface area (Å²) in [5.41, 5.74) is 1.85. The number of H-pyrrole nitrogens is 1. The van der Waals surface area contributed by atoms with Gasteiger partial charge in [-0.1, -0.05) is 36.4 Å². The number of rotatable bonds is 6. The van der Waals surface area contributed by atoms with E-state index in [-0.39, 0.29) is 55.5 Å². The smallest absolute Gasteiger partial charge is 0.272 e. The SMILES string of the molecule is O=C(NCC(=O)N1CCN(C(=O)c2cc(F)ccc2CF)CC1)c1cc(-c2ccccc2)[nH]n1. The lowest BCUT2D eigenvalue weighted by Crippen LogP contribution is -2.52. The van der Waals surface area contributed by atoms with Gasteiger partial charge in [-0.25, -0.2) is 8.78 Å². The van der Waals surface area contributed by atoms with E-state index in [0.717, 1.165) is 17.7 Å². The van der Waals surface area contributed by atoms with Crippen LogP contribution in [0, 0.1) is 5.82 Å². The van der Waals surface area contributed by atoms with Crippen LogP contribution in [0.25, 0.3) is 11.3 Å². The van der Waals surface area contributed by atoms with Gasteiger partial charge in [-0.2, -0.15) is 5.10 Å². The van der Waals surface area contributed by atoms with E-state index in [1.807, 2.05) is 30.3 Å². The van der Waals surface area contributed by atoms with Crippen LogP contribution in [0.5, 0.6) is 0 Å². The van der Waals surface area contributed by atoms with Crippen LogP contribution in [0.4, 0.5) is 8.78 Å². The first-order chi connectivity index (χ1) is 16.5. The van der Waals surface area contributed by atoms with E-state index in [9.17, 15) is 23.2 Å². The number of carbonyl (C=O) groups excluding carboxylic acids is 3. The van der Waals surface area contributed by atoms with E-state index in [4.69, 9.17) is 0 Å². The Morgan fingerprint density at radius 2 is 1.68 bits per heavy atom. The molecule has 2 heterocycles. The van der Waals surface area contributed by atoms with Crippen molar-refractivity contribution in [2.24, 2.45) is 0 Å². The van der Waals surface area contributed by atoms with Gasteiger partial charge in [0, 0.05) is 31.7 Å². The molecule has 1 aliphatic rings. The third kappa shape index (κ3) is 5.11. The molecule has 1 aromatic heterocycles. The summed E-state index contributed by atoms with van der Waals surface area (Å²) in [7, 11) is 0. The third-order valence-electron chi connectivity index (χ3n) is 5.66. The molecule has 1 aliphatic heterocycles. The number of aromatic nitrogens is 2. The highest BCUT2D eigenvalue weighted by atomic mass is 19.1. The molecule has 2 N–H and O–H groups in total. The van der Waals surface area contributed by atoms with Crippen LogP contribution in [-0.2, 0) is 11.5 Å². The molecular weight excluding hydrogens is 444 g/mol. The maximum Gasteiger partial charge on any atom is 0.272 e. The van der Waals surface area contributed by atoms with Gasteiger partial charge in [0.15, 0.2) is 5.69 Å². The number of piperazine rings is 1. The molecule has 0 unspecified atom stereocenters. The van der Waals surface area contributed by atoms with Crippen LogP contribution >= 0.6 is 0 Å². The van der Waals surface area contributed by atoms with Crippen LogP contribution in [0.15, 0.2) is 54.6 Å². The van der Waals surface area contributed by atoms with E-state index in [1.165, 1.54) is 15.9 Å². The Morgan fingerprint density at radius 1 is 0.971 bits per heavy atom. The molecule has 0 spiro atoms. The van der Waals surface area contributed by atoms with Crippen molar-refractivity contribution in [3.05, 3.63) is 77.2 Å². The Labute approximate surface area is 194 Å². The summed E-state index contributed by atoms with van der Waals surface area (Å²) >= 11 is 0. The molecule has 3 aromatic rings. The molecule has 3 amide bonds. The van der Waals surface area contributed by atoms with Crippen molar-refractivity contribution < 1.29 is 23.2 Å². The number of alkyl halides is 1. The largest absolute Gasteiger partial charge is 0.342 e. The summed E-state index contributed by atoms with van der Waals surface area (Å²) in [6.45, 7) is -0.137. The molecule has 176 valence electrons. The van der Waals surface area contributed by atoms with Crippen molar-refractivity contribution in [3.8, 4) is 11.3 Å². The number of nitrogens with one attached hydrogen (secondary N) is 2. The molecule has 8 nitrogen and oxygen atoms in total. The zero-order valence-corrected chi connectivity index (χ0v) is 18.3. The number of amides is 3. The molecule has 34 heavy (non-hydrogen) atoms. The Balaban J connectivity index is 1.28. The van der Waals surface area contributed by atoms with Gasteiger partial charge in [-0.05, 0) is 29.3 Å². The van der Waals surface area contributed by atoms with Crippen molar-refractivity contribution in [1.82, 2.24) is 25.3 Å². The summed E-state index contributed by atoms with van der Waals surface area (Å²) in [6, 6.07) is 14.4. The van der Waals surface area contributed by atoms with Crippen molar-refractivity contribution in [2.75, 3.05) is 32.7 Å². The standard InChI is InChI=1S/C24H23F2N5O3/c25-14-17-6-7-18(26)12-19(17)24(34)31-10-8-30(9-11-31)22(32)15-27-23(33)21-13-20(28-29-21)16-4-2-1-3-5-16/h1-7,12-13H,8-11,14-15H2,(H,27,33)(H,28,29). The number of carbonyl (C=O) groups is 3. The molecule has 0 aliphatic carbocycles. The second-order valence-electron chi connectivity index (χ2n) is 7.82. The number of halogens is 2. The fourth-order valence-electron chi connectivity index (χ4n) is 3.76. The highest BCUT2D eigenvalue weighted by Crippen LogP contribution is 2.18. The maximum absolute atomic E-state index is 13.6. The van der Waals surface area contributed by atoms with Crippen LogP contribution in [0.1, 0.15) is 26.4 Å². The maximum atomic E-state index is 13.6. The molecule has 2 aromatic carbocycles. The minimum Gasteiger partial charge on any atom is -0.342 e. The molecule has 1 saturated heterocycles. The molecule has 0 saturated carbocycles. The van der Waals surface area contributed by atoms with Gasteiger partial charge < -0.3 is 15.1 Å². The van der Waals surface area contributed by atoms with E-state index in [0.29, 0.717) is 5.69 Å². The summed E-state index contributed by atoms with van der Waals surface area (Å²) in [4.78, 5) is 40.6. The minimum absolute atomic E-state index is 0.0107. The Kier molecular flexibility index (Phi) is 6.95. The van der Waals surface area contributed by atoms with Crippen molar-refractivity contribution in [1.29, 1.82) is 0 Å². The number of aromatic amines is 1. The van der Waals surface area contributed by atoms with Gasteiger partial charge >= 0.3 is 0 Å². The average molecular weight is 467 g/mol. The molecule has 0 bridgehead atoms. The summed E-state index contributed by atoms with van der Waals surface area (Å²) in [6.07, 6.45) is 0. The number of hydrogen-bond donors (Lipinski definition) is 2. The fourth-order valence-corrected chi connectivity index (χ4v) is 3.76. The summed E-state index contributed by atoms with van der Waals surface area (Å²) in [5.74, 6) is -1.86. The quantitative estimate of drug-likeness (QED) is 0.582. The van der Waals surface area contributed by atoms with Crippen molar-refractivity contribution in [3.63, 3.8) is 0 Å².